The Morgan fingerprint density at radius 2 is 2.05 bits per heavy atom. The van der Waals surface area contributed by atoms with Gasteiger partial charge in [-0.25, -0.2) is 0 Å². The lowest BCUT2D eigenvalue weighted by molar-refractivity contribution is 0.0668. The van der Waals surface area contributed by atoms with E-state index in [1.807, 2.05) is 24.3 Å². The zero-order valence-corrected chi connectivity index (χ0v) is 14.5. The second-order valence-electron chi connectivity index (χ2n) is 5.78. The number of likely N-dealkylation sites (tertiary alicyclic amines) is 1. The van der Waals surface area contributed by atoms with Gasteiger partial charge >= 0.3 is 0 Å². The Labute approximate surface area is 138 Å². The topological polar surface area (TPSA) is 56.0 Å². The number of hydrogen-bond donors (Lipinski definition) is 0. The summed E-state index contributed by atoms with van der Waals surface area (Å²) in [6.07, 6.45) is 9.86. The van der Waals surface area contributed by atoms with Gasteiger partial charge in [0.15, 0.2) is 0 Å². The smallest absolute Gasteiger partial charge is 0.273 e. The molecule has 0 N–H and O–H groups in total. The zero-order valence-electron chi connectivity index (χ0n) is 12.9. The lowest BCUT2D eigenvalue weighted by Crippen LogP contribution is -2.36. The minimum Gasteiger partial charge on any atom is -0.330 e. The van der Waals surface area contributed by atoms with Gasteiger partial charge in [-0.3, -0.25) is 14.2 Å². The van der Waals surface area contributed by atoms with E-state index in [1.165, 1.54) is 0 Å². The molecule has 1 fully saturated rings. The highest BCUT2D eigenvalue weighted by Crippen LogP contribution is 2.32. The van der Waals surface area contributed by atoms with E-state index in [9.17, 15) is 4.79 Å². The minimum absolute atomic E-state index is 0.0302. The molecular formula is C15H20BrN5O. The van der Waals surface area contributed by atoms with Crippen molar-refractivity contribution in [3.63, 3.8) is 0 Å². The van der Waals surface area contributed by atoms with Crippen LogP contribution >= 0.6 is 15.9 Å². The molecular weight excluding hydrogens is 346 g/mol. The van der Waals surface area contributed by atoms with Gasteiger partial charge in [0.25, 0.3) is 5.91 Å². The molecule has 1 saturated heterocycles. The Hall–Kier alpha value is -1.63. The number of hydrogen-bond acceptors (Lipinski definition) is 3. The lowest BCUT2D eigenvalue weighted by atomic mass is 10.0. The first-order valence-corrected chi connectivity index (χ1v) is 8.34. The van der Waals surface area contributed by atoms with E-state index >= 15 is 0 Å². The van der Waals surface area contributed by atoms with Crippen LogP contribution in [0.15, 0.2) is 23.1 Å². The van der Waals surface area contributed by atoms with Crippen molar-refractivity contribution < 1.29 is 4.79 Å². The number of aryl methyl sites for hydroxylation is 2. The molecule has 1 aliphatic heterocycles. The Balaban J connectivity index is 1.95. The molecule has 22 heavy (non-hydrogen) atoms. The molecule has 1 aliphatic rings. The van der Waals surface area contributed by atoms with E-state index in [0.717, 1.165) is 42.3 Å². The molecule has 6 nitrogen and oxygen atoms in total. The molecule has 0 spiro atoms. The van der Waals surface area contributed by atoms with E-state index < -0.39 is 0 Å². The van der Waals surface area contributed by atoms with Gasteiger partial charge in [0.2, 0.25) is 0 Å². The van der Waals surface area contributed by atoms with Gasteiger partial charge < -0.3 is 4.90 Å². The molecule has 3 heterocycles. The van der Waals surface area contributed by atoms with Crippen molar-refractivity contribution in [2.45, 2.75) is 31.7 Å². The van der Waals surface area contributed by atoms with E-state index in [2.05, 4.69) is 26.1 Å². The summed E-state index contributed by atoms with van der Waals surface area (Å²) >= 11 is 3.44. The standard InChI is InChI=1S/C15H20BrN5O/c1-19-10-11(8-17-19)13-6-4-3-5-7-21(13)15(22)14-12(16)9-18-20(14)2/h8-10,13H,3-7H2,1-2H3/t13-/m0/s1. The summed E-state index contributed by atoms with van der Waals surface area (Å²) in [5.74, 6) is 0.0302. The van der Waals surface area contributed by atoms with Crippen LogP contribution in [0.2, 0.25) is 0 Å². The van der Waals surface area contributed by atoms with Crippen molar-refractivity contribution in [3.8, 4) is 0 Å². The van der Waals surface area contributed by atoms with E-state index in [0.29, 0.717) is 5.69 Å². The van der Waals surface area contributed by atoms with Crippen LogP contribution < -0.4 is 0 Å². The SMILES string of the molecule is Cn1cc([C@@H]2CCCCCN2C(=O)c2c(Br)cnn2C)cn1. The van der Waals surface area contributed by atoms with E-state index in [-0.39, 0.29) is 11.9 Å². The summed E-state index contributed by atoms with van der Waals surface area (Å²) in [7, 11) is 3.71. The van der Waals surface area contributed by atoms with Crippen molar-refractivity contribution in [1.29, 1.82) is 0 Å². The van der Waals surface area contributed by atoms with Crippen molar-refractivity contribution in [2.75, 3.05) is 6.54 Å². The van der Waals surface area contributed by atoms with Crippen molar-refractivity contribution >= 4 is 21.8 Å². The van der Waals surface area contributed by atoms with Gasteiger partial charge in [0.1, 0.15) is 5.69 Å². The molecule has 118 valence electrons. The zero-order chi connectivity index (χ0) is 15.7. The van der Waals surface area contributed by atoms with Gasteiger partial charge in [-0.05, 0) is 28.8 Å². The first-order valence-electron chi connectivity index (χ1n) is 7.55. The summed E-state index contributed by atoms with van der Waals surface area (Å²) in [5, 5.41) is 8.43. The minimum atomic E-state index is 0.0302. The first-order chi connectivity index (χ1) is 10.6. The second kappa shape index (κ2) is 6.24. The van der Waals surface area contributed by atoms with Crippen LogP contribution in [-0.2, 0) is 14.1 Å². The molecule has 0 unspecified atom stereocenters. The Kier molecular flexibility index (Phi) is 4.33. The van der Waals surface area contributed by atoms with Crippen LogP contribution in [0.4, 0.5) is 0 Å². The van der Waals surface area contributed by atoms with Crippen molar-refractivity contribution in [3.05, 3.63) is 34.3 Å². The number of carbonyl (C=O) groups excluding carboxylic acids is 1. The van der Waals surface area contributed by atoms with Gasteiger partial charge in [-0.15, -0.1) is 0 Å². The average molecular weight is 366 g/mol. The second-order valence-corrected chi connectivity index (χ2v) is 6.63. The third-order valence-electron chi connectivity index (χ3n) is 4.22. The van der Waals surface area contributed by atoms with Crippen LogP contribution in [0.5, 0.6) is 0 Å². The van der Waals surface area contributed by atoms with Gasteiger partial charge in [-0.1, -0.05) is 12.8 Å². The van der Waals surface area contributed by atoms with E-state index in [4.69, 9.17) is 0 Å². The van der Waals surface area contributed by atoms with E-state index in [1.54, 1.807) is 22.6 Å². The molecule has 1 amide bonds. The summed E-state index contributed by atoms with van der Waals surface area (Å²) in [6, 6.07) is 0.0884. The number of carbonyl (C=O) groups is 1. The number of aromatic nitrogens is 4. The predicted molar refractivity (Wildman–Crippen MR) is 86.4 cm³/mol. The van der Waals surface area contributed by atoms with Gasteiger partial charge in [0.05, 0.1) is 22.9 Å². The molecule has 7 heteroatoms. The molecule has 0 bridgehead atoms. The number of rotatable bonds is 2. The summed E-state index contributed by atoms with van der Waals surface area (Å²) < 4.78 is 4.18. The summed E-state index contributed by atoms with van der Waals surface area (Å²) in [4.78, 5) is 15.0. The Bertz CT molecular complexity index is 658. The Morgan fingerprint density at radius 3 is 2.68 bits per heavy atom. The van der Waals surface area contributed by atoms with Gasteiger partial charge in [0, 0.05) is 32.4 Å². The quantitative estimate of drug-likeness (QED) is 0.821. The van der Waals surface area contributed by atoms with Crippen molar-refractivity contribution in [2.24, 2.45) is 14.1 Å². The predicted octanol–water partition coefficient (Wildman–Crippen LogP) is 2.67. The molecule has 3 rings (SSSR count). The van der Waals surface area contributed by atoms with Crippen LogP contribution in [0.3, 0.4) is 0 Å². The van der Waals surface area contributed by atoms with Crippen molar-refractivity contribution in [1.82, 2.24) is 24.5 Å². The highest BCUT2D eigenvalue weighted by Gasteiger charge is 2.30. The largest absolute Gasteiger partial charge is 0.330 e. The molecule has 0 aromatic carbocycles. The number of nitrogens with zero attached hydrogens (tertiary/aromatic N) is 5. The molecule has 0 radical (unpaired) electrons. The highest BCUT2D eigenvalue weighted by atomic mass is 79.9. The fourth-order valence-corrected chi connectivity index (χ4v) is 3.62. The molecule has 0 saturated carbocycles. The third kappa shape index (κ3) is 2.82. The molecule has 1 atom stereocenters. The maximum atomic E-state index is 13.1. The van der Waals surface area contributed by atoms with Crippen LogP contribution in [0, 0.1) is 0 Å². The first kappa shape index (κ1) is 15.3. The summed E-state index contributed by atoms with van der Waals surface area (Å²) in [6.45, 7) is 0.774. The average Bonchev–Trinajstić information content (AvgIpc) is 2.96. The number of amides is 1. The molecule has 0 aliphatic carbocycles. The monoisotopic (exact) mass is 365 g/mol. The fourth-order valence-electron chi connectivity index (χ4n) is 3.10. The van der Waals surface area contributed by atoms with Crippen LogP contribution in [0.1, 0.15) is 47.8 Å². The maximum absolute atomic E-state index is 13.1. The third-order valence-corrected chi connectivity index (χ3v) is 4.80. The fraction of sp³-hybridized carbons (Fsp3) is 0.533. The van der Waals surface area contributed by atoms with Gasteiger partial charge in [-0.2, -0.15) is 10.2 Å². The number of halogens is 1. The Morgan fingerprint density at radius 1 is 1.23 bits per heavy atom. The lowest BCUT2D eigenvalue weighted by Gasteiger charge is -2.29. The molecule has 2 aromatic heterocycles. The maximum Gasteiger partial charge on any atom is 0.273 e. The normalized spacial score (nSPS) is 19.2. The van der Waals surface area contributed by atoms with Crippen LogP contribution in [-0.4, -0.2) is 36.9 Å². The highest BCUT2D eigenvalue weighted by molar-refractivity contribution is 9.10. The molecule has 2 aromatic rings. The summed E-state index contributed by atoms with van der Waals surface area (Å²) in [5.41, 5.74) is 1.71. The van der Waals surface area contributed by atoms with Crippen LogP contribution in [0.25, 0.3) is 0 Å².